The fraction of sp³-hybridized carbons (Fsp3) is 0.500. The van der Waals surface area contributed by atoms with Gasteiger partial charge in [0.15, 0.2) is 0 Å². The van der Waals surface area contributed by atoms with Crippen molar-refractivity contribution in [3.05, 3.63) is 22.8 Å². The molecule has 0 unspecified atom stereocenters. The summed E-state index contributed by atoms with van der Waals surface area (Å²) < 4.78 is 11.2. The van der Waals surface area contributed by atoms with Crippen LogP contribution in [-0.2, 0) is 17.4 Å². The number of aromatic nitrogens is 1. The van der Waals surface area contributed by atoms with E-state index >= 15 is 0 Å². The highest BCUT2D eigenvalue weighted by Crippen LogP contribution is 2.20. The largest absolute Gasteiger partial charge is 0.390 e. The molecule has 16 heavy (non-hydrogen) atoms. The zero-order valence-electron chi connectivity index (χ0n) is 8.73. The van der Waals surface area contributed by atoms with E-state index in [1.165, 1.54) is 0 Å². The van der Waals surface area contributed by atoms with Gasteiger partial charge in [0.1, 0.15) is 5.82 Å². The van der Waals surface area contributed by atoms with Gasteiger partial charge in [-0.1, -0.05) is 11.6 Å². The summed E-state index contributed by atoms with van der Waals surface area (Å²) in [5, 5.41) is 9.55. The van der Waals surface area contributed by atoms with Crippen LogP contribution >= 0.6 is 11.6 Å². The first kappa shape index (κ1) is 11.8. The molecule has 1 aliphatic rings. The van der Waals surface area contributed by atoms with Crippen molar-refractivity contribution in [2.75, 3.05) is 29.5 Å². The van der Waals surface area contributed by atoms with Crippen molar-refractivity contribution in [1.29, 1.82) is 0 Å². The Morgan fingerprint density at radius 2 is 2.12 bits per heavy atom. The van der Waals surface area contributed by atoms with Crippen LogP contribution in [0.3, 0.4) is 0 Å². The van der Waals surface area contributed by atoms with Crippen LogP contribution < -0.4 is 4.90 Å². The molecule has 1 aromatic heterocycles. The molecule has 88 valence electrons. The molecule has 0 aromatic carbocycles. The third kappa shape index (κ3) is 2.53. The highest BCUT2D eigenvalue weighted by atomic mass is 35.5. The lowest BCUT2D eigenvalue weighted by molar-refractivity contribution is 0.277. The Hall–Kier alpha value is -0.650. The summed E-state index contributed by atoms with van der Waals surface area (Å²) in [6.07, 6.45) is 0. The topological polar surface area (TPSA) is 53.4 Å². The SMILES string of the molecule is O=S1CCN(c2ccc(Cl)c(CO)n2)CC1. The summed E-state index contributed by atoms with van der Waals surface area (Å²) in [7, 11) is -0.691. The van der Waals surface area contributed by atoms with Gasteiger partial charge in [0.05, 0.1) is 17.3 Å². The Bertz CT molecular complexity index is 404. The third-order valence-electron chi connectivity index (χ3n) is 2.56. The molecule has 0 radical (unpaired) electrons. The predicted molar refractivity (Wildman–Crippen MR) is 65.3 cm³/mol. The summed E-state index contributed by atoms with van der Waals surface area (Å²) in [5.41, 5.74) is 0.492. The van der Waals surface area contributed by atoms with Gasteiger partial charge in [-0.2, -0.15) is 0 Å². The van der Waals surface area contributed by atoms with E-state index in [0.29, 0.717) is 22.2 Å². The van der Waals surface area contributed by atoms with E-state index in [9.17, 15) is 4.21 Å². The highest BCUT2D eigenvalue weighted by molar-refractivity contribution is 7.85. The molecule has 2 rings (SSSR count). The number of rotatable bonds is 2. The third-order valence-corrected chi connectivity index (χ3v) is 4.18. The van der Waals surface area contributed by atoms with Gasteiger partial charge >= 0.3 is 0 Å². The molecule has 1 aliphatic heterocycles. The first-order valence-corrected chi connectivity index (χ1v) is 6.93. The smallest absolute Gasteiger partial charge is 0.129 e. The number of aliphatic hydroxyl groups is 1. The van der Waals surface area contributed by atoms with E-state index in [-0.39, 0.29) is 6.61 Å². The number of hydrogen-bond acceptors (Lipinski definition) is 4. The minimum absolute atomic E-state index is 0.160. The molecular formula is C10H13ClN2O2S. The average Bonchev–Trinajstić information content (AvgIpc) is 2.31. The lowest BCUT2D eigenvalue weighted by Gasteiger charge is -2.27. The molecule has 0 aliphatic carbocycles. The van der Waals surface area contributed by atoms with Gasteiger partial charge in [-0.25, -0.2) is 4.98 Å². The van der Waals surface area contributed by atoms with Crippen molar-refractivity contribution in [3.63, 3.8) is 0 Å². The van der Waals surface area contributed by atoms with Gasteiger partial charge in [-0.3, -0.25) is 4.21 Å². The van der Waals surface area contributed by atoms with Crippen molar-refractivity contribution < 1.29 is 9.32 Å². The fourth-order valence-corrected chi connectivity index (χ4v) is 2.84. The number of nitrogens with zero attached hydrogens (tertiary/aromatic N) is 2. The molecule has 2 heterocycles. The minimum Gasteiger partial charge on any atom is -0.390 e. The second kappa shape index (κ2) is 5.12. The zero-order chi connectivity index (χ0) is 11.5. The number of aliphatic hydroxyl groups excluding tert-OH is 1. The Morgan fingerprint density at radius 3 is 2.75 bits per heavy atom. The lowest BCUT2D eigenvalue weighted by Crippen LogP contribution is -2.38. The van der Waals surface area contributed by atoms with Crippen LogP contribution in [0.25, 0.3) is 0 Å². The Morgan fingerprint density at radius 1 is 1.44 bits per heavy atom. The van der Waals surface area contributed by atoms with Crippen molar-refractivity contribution in [2.45, 2.75) is 6.61 Å². The Balaban J connectivity index is 2.17. The van der Waals surface area contributed by atoms with E-state index in [4.69, 9.17) is 16.7 Å². The Kier molecular flexibility index (Phi) is 3.78. The lowest BCUT2D eigenvalue weighted by atomic mass is 10.3. The standard InChI is InChI=1S/C10H13ClN2O2S/c11-8-1-2-10(12-9(8)7-14)13-3-5-16(15)6-4-13/h1-2,14H,3-7H2. The van der Waals surface area contributed by atoms with E-state index in [2.05, 4.69) is 9.88 Å². The summed E-state index contributed by atoms with van der Waals surface area (Å²) in [4.78, 5) is 6.35. The van der Waals surface area contributed by atoms with Crippen molar-refractivity contribution in [1.82, 2.24) is 4.98 Å². The normalized spacial score (nSPS) is 17.8. The molecule has 0 saturated carbocycles. The molecule has 0 spiro atoms. The molecule has 1 N–H and O–H groups in total. The van der Waals surface area contributed by atoms with Crippen LogP contribution in [0.1, 0.15) is 5.69 Å². The molecule has 1 fully saturated rings. The van der Waals surface area contributed by atoms with Crippen LogP contribution in [-0.4, -0.2) is 38.9 Å². The second-order valence-corrected chi connectivity index (χ2v) is 5.69. The van der Waals surface area contributed by atoms with E-state index in [1.54, 1.807) is 6.07 Å². The van der Waals surface area contributed by atoms with E-state index in [1.807, 2.05) is 6.07 Å². The van der Waals surface area contributed by atoms with Crippen molar-refractivity contribution in [3.8, 4) is 0 Å². The molecule has 1 aromatic rings. The number of hydrogen-bond donors (Lipinski definition) is 1. The summed E-state index contributed by atoms with van der Waals surface area (Å²) in [5.74, 6) is 2.16. The molecule has 6 heteroatoms. The van der Waals surface area contributed by atoms with Gasteiger partial charge in [-0.15, -0.1) is 0 Å². The van der Waals surface area contributed by atoms with Crippen LogP contribution in [0.5, 0.6) is 0 Å². The highest BCUT2D eigenvalue weighted by Gasteiger charge is 2.17. The number of halogens is 1. The fourth-order valence-electron chi connectivity index (χ4n) is 1.63. The summed E-state index contributed by atoms with van der Waals surface area (Å²) in [6.45, 7) is 1.32. The van der Waals surface area contributed by atoms with E-state index in [0.717, 1.165) is 18.9 Å². The van der Waals surface area contributed by atoms with Crippen LogP contribution in [0.4, 0.5) is 5.82 Å². The first-order valence-electron chi connectivity index (χ1n) is 5.07. The van der Waals surface area contributed by atoms with E-state index < -0.39 is 10.8 Å². The van der Waals surface area contributed by atoms with Crippen LogP contribution in [0.2, 0.25) is 5.02 Å². The minimum atomic E-state index is -0.691. The average molecular weight is 261 g/mol. The molecule has 0 bridgehead atoms. The number of anilines is 1. The van der Waals surface area contributed by atoms with Crippen LogP contribution in [0, 0.1) is 0 Å². The monoisotopic (exact) mass is 260 g/mol. The molecule has 0 atom stereocenters. The Labute approximate surface area is 102 Å². The molecule has 0 amide bonds. The van der Waals surface area contributed by atoms with Gasteiger partial charge in [-0.05, 0) is 12.1 Å². The molecule has 4 nitrogen and oxygen atoms in total. The van der Waals surface area contributed by atoms with Gasteiger partial charge in [0.2, 0.25) is 0 Å². The predicted octanol–water partition coefficient (Wildman–Crippen LogP) is 0.796. The van der Waals surface area contributed by atoms with Gasteiger partial charge in [0, 0.05) is 35.4 Å². The van der Waals surface area contributed by atoms with Crippen LogP contribution in [0.15, 0.2) is 12.1 Å². The maximum atomic E-state index is 11.2. The van der Waals surface area contributed by atoms with Crippen molar-refractivity contribution in [2.24, 2.45) is 0 Å². The summed E-state index contributed by atoms with van der Waals surface area (Å²) >= 11 is 5.87. The maximum Gasteiger partial charge on any atom is 0.129 e. The molecular weight excluding hydrogens is 248 g/mol. The van der Waals surface area contributed by atoms with Crippen molar-refractivity contribution >= 4 is 28.2 Å². The summed E-state index contributed by atoms with van der Waals surface area (Å²) in [6, 6.07) is 3.57. The van der Waals surface area contributed by atoms with Gasteiger partial charge in [0.25, 0.3) is 0 Å². The number of pyridine rings is 1. The second-order valence-electron chi connectivity index (χ2n) is 3.59. The van der Waals surface area contributed by atoms with Gasteiger partial charge < -0.3 is 10.0 Å². The molecule has 1 saturated heterocycles. The zero-order valence-corrected chi connectivity index (χ0v) is 10.3. The quantitative estimate of drug-likeness (QED) is 0.855. The first-order chi connectivity index (χ1) is 7.70. The maximum absolute atomic E-state index is 11.2.